The first-order valence-electron chi connectivity index (χ1n) is 18.5. The largest absolute Gasteiger partial charge is 0.481 e. The van der Waals surface area contributed by atoms with E-state index in [0.717, 1.165) is 109 Å². The summed E-state index contributed by atoms with van der Waals surface area (Å²) in [4.78, 5) is 46.9. The fourth-order valence-corrected chi connectivity index (χ4v) is 5.80. The molecule has 6 atom stereocenters. The van der Waals surface area contributed by atoms with E-state index in [9.17, 15) is 39.6 Å². The Morgan fingerprint density at radius 3 is 1.47 bits per heavy atom. The van der Waals surface area contributed by atoms with E-state index >= 15 is 0 Å². The molecule has 1 rings (SSSR count). The third kappa shape index (κ3) is 22.2. The monoisotopic (exact) mass is 704 g/mol. The van der Waals surface area contributed by atoms with E-state index in [1.54, 1.807) is 0 Å². The highest BCUT2D eigenvalue weighted by atomic mass is 16.7. The molecule has 8 N–H and O–H groups in total. The molecule has 0 aromatic rings. The van der Waals surface area contributed by atoms with Gasteiger partial charge in [0, 0.05) is 25.8 Å². The maximum atomic E-state index is 13.1. The second-order valence-corrected chi connectivity index (χ2v) is 13.2. The first-order chi connectivity index (χ1) is 23.6. The number of hydrogen-bond acceptors (Lipinski definition) is 10. The van der Waals surface area contributed by atoms with Crippen LogP contribution in [0.1, 0.15) is 141 Å². The van der Waals surface area contributed by atoms with Crippen LogP contribution in [0, 0.1) is 0 Å². The van der Waals surface area contributed by atoms with E-state index in [4.69, 9.17) is 19.7 Å². The molecule has 0 aromatic carbocycles. The standard InChI is InChI=1S/C35H64N2O12/c38-24-27-31(44)32(45)33(46)35(49-27)48-25-26(37-28(39)20-16-12-8-5-6-10-14-18-22-30(42)43)34(47)36-23-19-15-11-7-3-1-2-4-9-13-17-21-29(40)41/h26-27,31-33,35,38,44-46H,1-25H2,(H,36,47)(H,37,39)(H,40,41)(H,42,43)/t26?,27-,31+,32+,33-,35-/m1/s1. The predicted octanol–water partition coefficient (Wildman–Crippen LogP) is 3.16. The van der Waals surface area contributed by atoms with Crippen LogP contribution in [0.15, 0.2) is 0 Å². The van der Waals surface area contributed by atoms with Crippen LogP contribution in [0.4, 0.5) is 0 Å². The molecule has 286 valence electrons. The molecule has 1 heterocycles. The zero-order chi connectivity index (χ0) is 36.3. The van der Waals surface area contributed by atoms with Crippen LogP contribution < -0.4 is 10.6 Å². The lowest BCUT2D eigenvalue weighted by Crippen LogP contribution is -2.60. The Hall–Kier alpha value is -2.36. The third-order valence-electron chi connectivity index (χ3n) is 8.84. The number of carbonyl (C=O) groups is 4. The Kier molecular flexibility index (Phi) is 25.8. The minimum absolute atomic E-state index is 0.199. The van der Waals surface area contributed by atoms with Gasteiger partial charge in [0.15, 0.2) is 6.29 Å². The smallest absolute Gasteiger partial charge is 0.303 e. The van der Waals surface area contributed by atoms with Gasteiger partial charge in [-0.3, -0.25) is 19.2 Å². The molecule has 49 heavy (non-hydrogen) atoms. The van der Waals surface area contributed by atoms with Crippen molar-refractivity contribution in [3.05, 3.63) is 0 Å². The first kappa shape index (κ1) is 44.7. The highest BCUT2D eigenvalue weighted by Crippen LogP contribution is 2.22. The second kappa shape index (κ2) is 28.3. The summed E-state index contributed by atoms with van der Waals surface area (Å²) in [5, 5.41) is 62.7. The van der Waals surface area contributed by atoms with E-state index in [2.05, 4.69) is 10.6 Å². The molecule has 0 spiro atoms. The van der Waals surface area contributed by atoms with E-state index < -0.39 is 61.2 Å². The van der Waals surface area contributed by atoms with Gasteiger partial charge in [0.05, 0.1) is 13.2 Å². The maximum Gasteiger partial charge on any atom is 0.303 e. The van der Waals surface area contributed by atoms with Gasteiger partial charge in [-0.2, -0.15) is 0 Å². The van der Waals surface area contributed by atoms with Gasteiger partial charge in [-0.15, -0.1) is 0 Å². The van der Waals surface area contributed by atoms with E-state index in [0.29, 0.717) is 19.4 Å². The summed E-state index contributed by atoms with van der Waals surface area (Å²) in [6.45, 7) is -0.564. The number of unbranched alkanes of at least 4 members (excludes halogenated alkanes) is 17. The Balaban J connectivity index is 2.40. The SMILES string of the molecule is O=C(O)CCCCCCCCCCCCCNC(=O)C(CO[C@@H]1O[C@H](CO)[C@H](O)[C@H](O)[C@H]1O)NC(=O)CCCCCCCCCCC(=O)O. The molecule has 1 unspecified atom stereocenters. The summed E-state index contributed by atoms with van der Waals surface area (Å²) < 4.78 is 11.0. The number of rotatable bonds is 31. The van der Waals surface area contributed by atoms with Crippen LogP contribution in [-0.2, 0) is 28.7 Å². The number of aliphatic hydroxyl groups is 4. The molecule has 1 aliphatic rings. The number of aliphatic carboxylic acids is 2. The molecule has 0 bridgehead atoms. The highest BCUT2D eigenvalue weighted by molar-refractivity contribution is 5.87. The van der Waals surface area contributed by atoms with Gasteiger partial charge in [0.25, 0.3) is 0 Å². The zero-order valence-corrected chi connectivity index (χ0v) is 29.3. The minimum atomic E-state index is -1.63. The van der Waals surface area contributed by atoms with Crippen molar-refractivity contribution in [2.24, 2.45) is 0 Å². The van der Waals surface area contributed by atoms with Crippen LogP contribution in [0.3, 0.4) is 0 Å². The Labute approximate surface area is 291 Å². The van der Waals surface area contributed by atoms with Crippen LogP contribution in [0.2, 0.25) is 0 Å². The average molecular weight is 705 g/mol. The molecule has 0 aliphatic carbocycles. The topological polar surface area (TPSA) is 232 Å². The summed E-state index contributed by atoms with van der Waals surface area (Å²) in [5.41, 5.74) is 0. The first-order valence-corrected chi connectivity index (χ1v) is 18.5. The fraction of sp³-hybridized carbons (Fsp3) is 0.886. The van der Waals surface area contributed by atoms with Crippen molar-refractivity contribution in [2.75, 3.05) is 19.8 Å². The minimum Gasteiger partial charge on any atom is -0.481 e. The number of ether oxygens (including phenoxy) is 2. The molecule has 0 aromatic heterocycles. The van der Waals surface area contributed by atoms with E-state index in [1.807, 2.05) is 0 Å². The van der Waals surface area contributed by atoms with Crippen LogP contribution >= 0.6 is 0 Å². The quantitative estimate of drug-likeness (QED) is 0.0487. The molecule has 0 radical (unpaired) electrons. The number of aliphatic hydroxyl groups excluding tert-OH is 4. The van der Waals surface area contributed by atoms with Gasteiger partial charge in [0.1, 0.15) is 30.5 Å². The molecule has 1 aliphatic heterocycles. The van der Waals surface area contributed by atoms with Crippen molar-refractivity contribution in [1.29, 1.82) is 0 Å². The molecule has 1 saturated heterocycles. The van der Waals surface area contributed by atoms with Crippen LogP contribution in [-0.4, -0.2) is 111 Å². The van der Waals surface area contributed by atoms with Crippen molar-refractivity contribution in [3.63, 3.8) is 0 Å². The number of carbonyl (C=O) groups excluding carboxylic acids is 2. The summed E-state index contributed by atoms with van der Waals surface area (Å²) in [5.74, 6) is -2.29. The maximum absolute atomic E-state index is 13.1. The lowest BCUT2D eigenvalue weighted by molar-refractivity contribution is -0.301. The summed E-state index contributed by atoms with van der Waals surface area (Å²) >= 11 is 0. The normalized spacial score (nSPS) is 21.3. The molecule has 14 nitrogen and oxygen atoms in total. The molecule has 1 fully saturated rings. The molecular formula is C35H64N2O12. The zero-order valence-electron chi connectivity index (χ0n) is 29.3. The number of nitrogens with one attached hydrogen (secondary N) is 2. The number of amides is 2. The van der Waals surface area contributed by atoms with Crippen molar-refractivity contribution < 1.29 is 59.3 Å². The van der Waals surface area contributed by atoms with Gasteiger partial charge in [0.2, 0.25) is 11.8 Å². The highest BCUT2D eigenvalue weighted by Gasteiger charge is 2.44. The van der Waals surface area contributed by atoms with Crippen LogP contribution in [0.25, 0.3) is 0 Å². The average Bonchev–Trinajstić information content (AvgIpc) is 3.06. The summed E-state index contributed by atoms with van der Waals surface area (Å²) in [7, 11) is 0. The van der Waals surface area contributed by atoms with Crippen molar-refractivity contribution in [1.82, 2.24) is 10.6 Å². The van der Waals surface area contributed by atoms with Gasteiger partial charge in [-0.05, 0) is 25.7 Å². The van der Waals surface area contributed by atoms with E-state index in [1.165, 1.54) is 0 Å². The van der Waals surface area contributed by atoms with Crippen LogP contribution in [0.5, 0.6) is 0 Å². The molecule has 2 amide bonds. The van der Waals surface area contributed by atoms with Crippen molar-refractivity contribution in [3.8, 4) is 0 Å². The van der Waals surface area contributed by atoms with Crippen molar-refractivity contribution >= 4 is 23.8 Å². The van der Waals surface area contributed by atoms with E-state index in [-0.39, 0.29) is 31.8 Å². The number of carboxylic acids is 2. The Bertz CT molecular complexity index is 906. The lowest BCUT2D eigenvalue weighted by atomic mass is 9.99. The molecule has 14 heteroatoms. The van der Waals surface area contributed by atoms with Crippen molar-refractivity contribution in [2.45, 2.75) is 178 Å². The molecular weight excluding hydrogens is 640 g/mol. The van der Waals surface area contributed by atoms with Gasteiger partial charge in [-0.25, -0.2) is 0 Å². The molecule has 0 saturated carbocycles. The Morgan fingerprint density at radius 2 is 1.02 bits per heavy atom. The third-order valence-corrected chi connectivity index (χ3v) is 8.84. The second-order valence-electron chi connectivity index (χ2n) is 13.2. The fourth-order valence-electron chi connectivity index (χ4n) is 5.80. The van der Waals surface area contributed by atoms with Gasteiger partial charge < -0.3 is 50.7 Å². The summed E-state index contributed by atoms with van der Waals surface area (Å²) in [6, 6.07) is -1.09. The number of hydrogen-bond donors (Lipinski definition) is 8. The van der Waals surface area contributed by atoms with Gasteiger partial charge >= 0.3 is 11.9 Å². The lowest BCUT2D eigenvalue weighted by Gasteiger charge is -2.39. The Morgan fingerprint density at radius 1 is 0.592 bits per heavy atom. The van der Waals surface area contributed by atoms with Gasteiger partial charge in [-0.1, -0.05) is 96.3 Å². The number of carboxylic acid groups (broad SMARTS) is 2. The summed E-state index contributed by atoms with van der Waals surface area (Å²) in [6.07, 6.45) is 11.5. The predicted molar refractivity (Wildman–Crippen MR) is 182 cm³/mol.